The van der Waals surface area contributed by atoms with Gasteiger partial charge < -0.3 is 5.32 Å². The van der Waals surface area contributed by atoms with Crippen LogP contribution in [0.3, 0.4) is 0 Å². The molecule has 7 heteroatoms. The number of hydrogen-bond donors (Lipinski definition) is 3. The van der Waals surface area contributed by atoms with Crippen LogP contribution in [0.15, 0.2) is 4.90 Å². The first-order chi connectivity index (χ1) is 9.99. The molecule has 2 unspecified atom stereocenters. The lowest BCUT2D eigenvalue weighted by Crippen LogP contribution is -2.29. The molecule has 1 aliphatic rings. The minimum atomic E-state index is -3.49. The lowest BCUT2D eigenvalue weighted by Gasteiger charge is -2.08. The fourth-order valence-corrected chi connectivity index (χ4v) is 4.35. The van der Waals surface area contributed by atoms with Gasteiger partial charge in [-0.15, -0.1) is 0 Å². The maximum Gasteiger partial charge on any atom is 0.244 e. The first kappa shape index (κ1) is 16.5. The second-order valence-corrected chi connectivity index (χ2v) is 7.46. The summed E-state index contributed by atoms with van der Waals surface area (Å²) in [7, 11) is -3.49. The van der Waals surface area contributed by atoms with E-state index in [0.29, 0.717) is 28.7 Å². The van der Waals surface area contributed by atoms with E-state index in [-0.39, 0.29) is 6.04 Å². The van der Waals surface area contributed by atoms with Crippen molar-refractivity contribution in [1.29, 1.82) is 0 Å². The van der Waals surface area contributed by atoms with Crippen LogP contribution in [0.1, 0.15) is 50.9 Å². The Kier molecular flexibility index (Phi) is 5.40. The van der Waals surface area contributed by atoms with E-state index in [1.54, 1.807) is 6.92 Å². The topological polar surface area (TPSA) is 86.9 Å². The Bertz CT molecular complexity index is 568. The molecule has 1 saturated carbocycles. The van der Waals surface area contributed by atoms with Crippen LogP contribution in [0.2, 0.25) is 0 Å². The van der Waals surface area contributed by atoms with E-state index in [1.165, 1.54) is 0 Å². The molecule has 2 atom stereocenters. The Morgan fingerprint density at radius 3 is 2.76 bits per heavy atom. The van der Waals surface area contributed by atoms with Crippen molar-refractivity contribution in [2.75, 3.05) is 6.54 Å². The van der Waals surface area contributed by atoms with E-state index in [0.717, 1.165) is 32.2 Å². The first-order valence-electron chi connectivity index (χ1n) is 7.76. The monoisotopic (exact) mass is 314 g/mol. The maximum absolute atomic E-state index is 12.6. The average Bonchev–Trinajstić information content (AvgIpc) is 3.00. The normalized spacial score (nSPS) is 21.7. The summed E-state index contributed by atoms with van der Waals surface area (Å²) in [6.07, 6.45) is 4.14. The van der Waals surface area contributed by atoms with Gasteiger partial charge >= 0.3 is 0 Å². The standard InChI is InChI=1S/C14H26N4O2S/c1-4-6-11-8-12(11)18-21(19,20)14-10(3)16-17-13(14)9-15-7-5-2/h11-12,15,18H,4-9H2,1-3H3,(H,16,17). The van der Waals surface area contributed by atoms with Crippen molar-refractivity contribution in [3.05, 3.63) is 11.4 Å². The quantitative estimate of drug-likeness (QED) is 0.605. The summed E-state index contributed by atoms with van der Waals surface area (Å²) in [5, 5.41) is 10.1. The van der Waals surface area contributed by atoms with Gasteiger partial charge in [-0.1, -0.05) is 20.3 Å². The smallest absolute Gasteiger partial charge is 0.244 e. The fourth-order valence-electron chi connectivity index (χ4n) is 2.67. The molecule has 1 aromatic heterocycles. The molecule has 21 heavy (non-hydrogen) atoms. The predicted molar refractivity (Wildman–Crippen MR) is 82.4 cm³/mol. The summed E-state index contributed by atoms with van der Waals surface area (Å²) < 4.78 is 28.0. The SMILES string of the molecule is CCCNCc1n[nH]c(C)c1S(=O)(=O)NC1CC1CCC. The van der Waals surface area contributed by atoms with Crippen LogP contribution >= 0.6 is 0 Å². The van der Waals surface area contributed by atoms with Gasteiger partial charge in [-0.2, -0.15) is 5.10 Å². The Balaban J connectivity index is 2.07. The summed E-state index contributed by atoms with van der Waals surface area (Å²) in [6, 6.07) is 0.0979. The molecule has 1 aliphatic carbocycles. The second kappa shape index (κ2) is 6.89. The van der Waals surface area contributed by atoms with Crippen molar-refractivity contribution < 1.29 is 8.42 Å². The van der Waals surface area contributed by atoms with E-state index >= 15 is 0 Å². The van der Waals surface area contributed by atoms with E-state index < -0.39 is 10.0 Å². The molecule has 6 nitrogen and oxygen atoms in total. The highest BCUT2D eigenvalue weighted by atomic mass is 32.2. The van der Waals surface area contributed by atoms with Gasteiger partial charge in [0.2, 0.25) is 10.0 Å². The molecular weight excluding hydrogens is 288 g/mol. The third-order valence-corrected chi connectivity index (χ3v) is 5.53. The van der Waals surface area contributed by atoms with Gasteiger partial charge in [-0.05, 0) is 38.6 Å². The Morgan fingerprint density at radius 1 is 1.33 bits per heavy atom. The summed E-state index contributed by atoms with van der Waals surface area (Å²) in [5.41, 5.74) is 1.17. The number of nitrogens with one attached hydrogen (secondary N) is 3. The van der Waals surface area contributed by atoms with E-state index in [1.807, 2.05) is 0 Å². The summed E-state index contributed by atoms with van der Waals surface area (Å²) in [5.74, 6) is 0.499. The zero-order valence-corrected chi connectivity index (χ0v) is 13.9. The minimum absolute atomic E-state index is 0.0979. The largest absolute Gasteiger partial charge is 0.311 e. The molecule has 0 amide bonds. The van der Waals surface area contributed by atoms with Crippen LogP contribution in [0.5, 0.6) is 0 Å². The van der Waals surface area contributed by atoms with Crippen molar-refractivity contribution in [1.82, 2.24) is 20.2 Å². The van der Waals surface area contributed by atoms with Crippen molar-refractivity contribution >= 4 is 10.0 Å². The highest BCUT2D eigenvalue weighted by molar-refractivity contribution is 7.89. The maximum atomic E-state index is 12.6. The third kappa shape index (κ3) is 4.05. The molecule has 1 aromatic rings. The highest BCUT2D eigenvalue weighted by Crippen LogP contribution is 2.36. The molecule has 0 saturated heterocycles. The lowest BCUT2D eigenvalue weighted by molar-refractivity contribution is 0.569. The Morgan fingerprint density at radius 2 is 2.10 bits per heavy atom. The number of H-pyrrole nitrogens is 1. The number of aromatic nitrogens is 2. The van der Waals surface area contributed by atoms with Crippen molar-refractivity contribution in [3.63, 3.8) is 0 Å². The molecule has 3 N–H and O–H groups in total. The third-order valence-electron chi connectivity index (χ3n) is 3.84. The number of sulfonamides is 1. The summed E-state index contributed by atoms with van der Waals surface area (Å²) in [6.45, 7) is 7.27. The first-order valence-corrected chi connectivity index (χ1v) is 9.24. The number of nitrogens with zero attached hydrogens (tertiary/aromatic N) is 1. The van der Waals surface area contributed by atoms with Gasteiger partial charge in [0, 0.05) is 12.6 Å². The molecule has 2 rings (SSSR count). The van der Waals surface area contributed by atoms with Crippen molar-refractivity contribution in [2.24, 2.45) is 5.92 Å². The molecule has 1 fully saturated rings. The molecule has 0 aliphatic heterocycles. The van der Waals surface area contributed by atoms with Gasteiger partial charge in [-0.3, -0.25) is 5.10 Å². The molecule has 0 aromatic carbocycles. The second-order valence-electron chi connectivity index (χ2n) is 5.81. The van der Waals surface area contributed by atoms with E-state index in [4.69, 9.17) is 0 Å². The number of aryl methyl sites for hydroxylation is 1. The molecular formula is C14H26N4O2S. The minimum Gasteiger partial charge on any atom is -0.311 e. The van der Waals surface area contributed by atoms with Crippen molar-refractivity contribution in [2.45, 2.75) is 63.9 Å². The average molecular weight is 314 g/mol. The fraction of sp³-hybridized carbons (Fsp3) is 0.786. The van der Waals surface area contributed by atoms with E-state index in [2.05, 4.69) is 34.1 Å². The van der Waals surface area contributed by atoms with Crippen LogP contribution < -0.4 is 10.0 Å². The van der Waals surface area contributed by atoms with Gasteiger partial charge in [0.25, 0.3) is 0 Å². The van der Waals surface area contributed by atoms with Crippen LogP contribution in [-0.4, -0.2) is 31.2 Å². The van der Waals surface area contributed by atoms with E-state index in [9.17, 15) is 8.42 Å². The Labute approximate surface area is 127 Å². The molecule has 120 valence electrons. The van der Waals surface area contributed by atoms with Crippen LogP contribution in [0.25, 0.3) is 0 Å². The molecule has 1 heterocycles. The zero-order chi connectivity index (χ0) is 15.5. The lowest BCUT2D eigenvalue weighted by atomic mass is 10.2. The van der Waals surface area contributed by atoms with Gasteiger partial charge in [-0.25, -0.2) is 13.1 Å². The highest BCUT2D eigenvalue weighted by Gasteiger charge is 2.40. The molecule has 0 spiro atoms. The predicted octanol–water partition coefficient (Wildman–Crippen LogP) is 1.68. The van der Waals surface area contributed by atoms with Crippen molar-refractivity contribution in [3.8, 4) is 0 Å². The van der Waals surface area contributed by atoms with Crippen LogP contribution in [0, 0.1) is 12.8 Å². The summed E-state index contributed by atoms with van der Waals surface area (Å²) in [4.78, 5) is 0.313. The molecule has 0 radical (unpaired) electrons. The van der Waals surface area contributed by atoms with Crippen LogP contribution in [-0.2, 0) is 16.6 Å². The van der Waals surface area contributed by atoms with Crippen LogP contribution in [0.4, 0.5) is 0 Å². The number of aromatic amines is 1. The van der Waals surface area contributed by atoms with Gasteiger partial charge in [0.1, 0.15) is 4.90 Å². The number of hydrogen-bond acceptors (Lipinski definition) is 4. The number of rotatable bonds is 9. The zero-order valence-electron chi connectivity index (χ0n) is 13.1. The molecule has 0 bridgehead atoms. The van der Waals surface area contributed by atoms with Gasteiger partial charge in [0.05, 0.1) is 11.4 Å². The van der Waals surface area contributed by atoms with Gasteiger partial charge in [0.15, 0.2) is 0 Å². The Hall–Kier alpha value is -0.920. The summed E-state index contributed by atoms with van der Waals surface area (Å²) >= 11 is 0.